The Morgan fingerprint density at radius 3 is 1.35 bits per heavy atom. The number of benzene rings is 14. The summed E-state index contributed by atoms with van der Waals surface area (Å²) in [6.45, 7) is -0.221. The molecule has 5 nitrogen and oxygen atoms in total. The van der Waals surface area contributed by atoms with E-state index in [4.69, 9.17) is 4.74 Å². The van der Waals surface area contributed by atoms with E-state index in [0.29, 0.717) is 0 Å². The maximum absolute atomic E-state index is 7.19. The van der Waals surface area contributed by atoms with E-state index >= 15 is 0 Å². The molecule has 0 radical (unpaired) electrons. The predicted molar refractivity (Wildman–Crippen MR) is 373 cm³/mol. The average Bonchev–Trinajstić information content (AvgIpc) is 0.952. The number of para-hydroxylation sites is 7. The first kappa shape index (κ1) is 50.6. The molecule has 4 heterocycles. The van der Waals surface area contributed by atoms with Crippen LogP contribution in [-0.4, -0.2) is 28.4 Å². The molecule has 4 aliphatic rings. The molecule has 0 fully saturated rings. The Labute approximate surface area is 518 Å². The molecule has 88 heavy (non-hydrogen) atoms. The van der Waals surface area contributed by atoms with E-state index in [-0.39, 0.29) is 28.4 Å². The summed E-state index contributed by atoms with van der Waals surface area (Å²) in [6.07, 6.45) is 0. The van der Waals surface area contributed by atoms with Gasteiger partial charge in [0.15, 0.2) is 0 Å². The zero-order valence-corrected chi connectivity index (χ0v) is 49.5. The molecule has 0 N–H and O–H groups in total. The Morgan fingerprint density at radius 2 is 0.761 bits per heavy atom. The van der Waals surface area contributed by atoms with E-state index < -0.39 is 0 Å². The number of hydrogen-bond donors (Lipinski definition) is 0. The summed E-state index contributed by atoms with van der Waals surface area (Å²) >= 11 is -0.165. The quantitative estimate of drug-likeness (QED) is 0.106. The first-order valence-corrected chi connectivity index (χ1v) is 31.9. The van der Waals surface area contributed by atoms with Crippen LogP contribution in [0.2, 0.25) is 0 Å². The monoisotopic (exact) mass is 1190 g/mol. The second kappa shape index (κ2) is 20.5. The molecule has 8 heteroatoms. The molecule has 14 aromatic rings. The zero-order valence-electron chi connectivity index (χ0n) is 47.8. The third-order valence-corrected chi connectivity index (χ3v) is 20.6. The third kappa shape index (κ3) is 7.89. The molecule has 18 rings (SSSR count). The topological polar surface area (TPSA) is 22.2 Å². The van der Waals surface area contributed by atoms with Gasteiger partial charge in [0.1, 0.15) is 0 Å². The molecule has 0 aromatic heterocycles. The standard InChI is InChI=1S/C80H52B2N4OSe/c1-7-27-53(28-8-1)77-61-39-19-21-41-63(61)80(64-42-22-20-40-62(64)77)86-70-52-75-68(82-66-44-24-26-46-73(66)87-74-49-60(50-76(88-75)79(74)82)84(56-33-13-4-14-34-56)57-35-15-5-16-36-57)51-67(70)81-65-43-23-25-45-69(65)85(58-37-17-6-18-38-58)71-47-59(48-72(86)78(71)81)83(54-29-9-2-10-30-54)55-31-11-3-12-32-55/h1-52H. The van der Waals surface area contributed by atoms with Crippen LogP contribution in [0, 0.1) is 0 Å². The van der Waals surface area contributed by atoms with Crippen LogP contribution < -0.4 is 66.0 Å². The predicted octanol–water partition coefficient (Wildman–Crippen LogP) is 15.3. The van der Waals surface area contributed by atoms with Crippen LogP contribution in [0.1, 0.15) is 0 Å². The number of hydrogen-bond acceptors (Lipinski definition) is 5. The Hall–Kier alpha value is -10.8. The van der Waals surface area contributed by atoms with Gasteiger partial charge in [-0.25, -0.2) is 0 Å². The van der Waals surface area contributed by atoms with E-state index in [0.717, 1.165) is 68.4 Å². The van der Waals surface area contributed by atoms with Crippen molar-refractivity contribution >= 4 is 160 Å². The normalized spacial score (nSPS) is 13.0. The van der Waals surface area contributed by atoms with Crippen LogP contribution in [0.5, 0.6) is 11.5 Å². The number of fused-ring (bicyclic) bond motifs is 10. The van der Waals surface area contributed by atoms with Crippen molar-refractivity contribution in [1.29, 1.82) is 0 Å². The fourth-order valence-electron chi connectivity index (χ4n) is 14.7. The molecule has 14 aromatic carbocycles. The van der Waals surface area contributed by atoms with Crippen LogP contribution in [-0.2, 0) is 0 Å². The Bertz CT molecular complexity index is 4940. The van der Waals surface area contributed by atoms with Crippen molar-refractivity contribution in [2.75, 3.05) is 19.6 Å². The molecule has 0 bridgehead atoms. The molecule has 0 aliphatic carbocycles. The van der Waals surface area contributed by atoms with Crippen molar-refractivity contribution in [1.82, 2.24) is 0 Å². The molecule has 0 unspecified atom stereocenters. The fraction of sp³-hybridized carbons (Fsp3) is 0. The van der Waals surface area contributed by atoms with Gasteiger partial charge < -0.3 is 0 Å². The van der Waals surface area contributed by atoms with Gasteiger partial charge in [0.25, 0.3) is 0 Å². The summed E-state index contributed by atoms with van der Waals surface area (Å²) in [7, 11) is 0. The van der Waals surface area contributed by atoms with Gasteiger partial charge in [-0.05, 0) is 0 Å². The molecule has 0 saturated carbocycles. The Kier molecular flexibility index (Phi) is 11.8. The first-order valence-electron chi connectivity index (χ1n) is 30.2. The van der Waals surface area contributed by atoms with Crippen LogP contribution in [0.15, 0.2) is 315 Å². The van der Waals surface area contributed by atoms with Crippen molar-refractivity contribution in [3.8, 4) is 22.6 Å². The Morgan fingerprint density at radius 1 is 0.295 bits per heavy atom. The minimum absolute atomic E-state index is 0.0738. The van der Waals surface area contributed by atoms with Gasteiger partial charge in [0.05, 0.1) is 0 Å². The summed E-state index contributed by atoms with van der Waals surface area (Å²) in [5.41, 5.74) is 23.4. The molecule has 0 atom stereocenters. The van der Waals surface area contributed by atoms with Crippen molar-refractivity contribution in [2.24, 2.45) is 0 Å². The van der Waals surface area contributed by atoms with Gasteiger partial charge in [-0.1, -0.05) is 0 Å². The summed E-state index contributed by atoms with van der Waals surface area (Å²) in [5.74, 6) is 1.81. The van der Waals surface area contributed by atoms with E-state index in [1.54, 1.807) is 0 Å². The molecule has 0 saturated heterocycles. The third-order valence-electron chi connectivity index (χ3n) is 18.2. The van der Waals surface area contributed by atoms with Crippen LogP contribution in [0.3, 0.4) is 0 Å². The van der Waals surface area contributed by atoms with Crippen LogP contribution >= 0.6 is 0 Å². The van der Waals surface area contributed by atoms with Crippen LogP contribution in [0.4, 0.5) is 68.2 Å². The minimum atomic E-state index is -0.165. The average molecular weight is 1190 g/mol. The molecular formula is C80H52B2N4OSe. The molecule has 0 amide bonds. The van der Waals surface area contributed by atoms with Crippen molar-refractivity contribution < 1.29 is 4.74 Å². The second-order valence-corrected chi connectivity index (χ2v) is 25.3. The van der Waals surface area contributed by atoms with E-state index in [2.05, 4.69) is 335 Å². The molecule has 4 aliphatic heterocycles. The van der Waals surface area contributed by atoms with Gasteiger partial charge >= 0.3 is 522 Å². The summed E-state index contributed by atoms with van der Waals surface area (Å²) in [5, 5.41) is 4.79. The fourth-order valence-corrected chi connectivity index (χ4v) is 17.2. The van der Waals surface area contributed by atoms with Crippen molar-refractivity contribution in [2.45, 2.75) is 0 Å². The SMILES string of the molecule is c1ccc(-c2c3ccccc3c(N3c4cc5c(cc4B4c6ccccc6N(c6ccccc6)c6cc(N(c7ccccc7)c7ccccc7)cc3c64)B3c4ccccc4Oc4cc(N(c6ccccc6)c6ccccc6)cc(c43)[Se]5)c3ccccc23)cc1. The molecule has 0 spiro atoms. The van der Waals surface area contributed by atoms with Gasteiger partial charge in [-0.15, -0.1) is 0 Å². The van der Waals surface area contributed by atoms with E-state index in [9.17, 15) is 0 Å². The molecular weight excluding hydrogens is 1130 g/mol. The number of anilines is 12. The Balaban J connectivity index is 0.970. The van der Waals surface area contributed by atoms with E-state index in [1.165, 1.54) is 85.7 Å². The number of nitrogens with zero attached hydrogens (tertiary/aromatic N) is 4. The maximum atomic E-state index is 7.19. The summed E-state index contributed by atoms with van der Waals surface area (Å²) < 4.78 is 9.87. The van der Waals surface area contributed by atoms with Gasteiger partial charge in [0, 0.05) is 0 Å². The van der Waals surface area contributed by atoms with Crippen molar-refractivity contribution in [3.05, 3.63) is 315 Å². The number of ether oxygens (including phenoxy) is 1. The van der Waals surface area contributed by atoms with Gasteiger partial charge in [-0.3, -0.25) is 0 Å². The van der Waals surface area contributed by atoms with Crippen LogP contribution in [0.25, 0.3) is 32.7 Å². The van der Waals surface area contributed by atoms with Gasteiger partial charge in [0.2, 0.25) is 0 Å². The van der Waals surface area contributed by atoms with Crippen molar-refractivity contribution in [3.63, 3.8) is 0 Å². The van der Waals surface area contributed by atoms with E-state index in [1.807, 2.05) is 0 Å². The zero-order chi connectivity index (χ0) is 57.8. The van der Waals surface area contributed by atoms with Gasteiger partial charge in [-0.2, -0.15) is 0 Å². The second-order valence-electron chi connectivity index (χ2n) is 23.1. The molecule has 410 valence electrons. The first-order chi connectivity index (χ1) is 43.7. The number of rotatable bonds is 9. The summed E-state index contributed by atoms with van der Waals surface area (Å²) in [6, 6.07) is 117. The summed E-state index contributed by atoms with van der Waals surface area (Å²) in [4.78, 5) is 10.1.